The van der Waals surface area contributed by atoms with Gasteiger partial charge in [0.05, 0.1) is 48.7 Å². The zero-order valence-electron chi connectivity index (χ0n) is 22.1. The lowest BCUT2D eigenvalue weighted by atomic mass is 9.71. The molecule has 0 aromatic heterocycles. The van der Waals surface area contributed by atoms with Crippen molar-refractivity contribution in [3.05, 3.63) is 51.6 Å². The summed E-state index contributed by atoms with van der Waals surface area (Å²) in [7, 11) is 1.33. The number of nitrogens with zero attached hydrogens (tertiary/aromatic N) is 1. The highest BCUT2D eigenvalue weighted by Gasteiger charge is 2.49. The van der Waals surface area contributed by atoms with Gasteiger partial charge in [-0.2, -0.15) is 0 Å². The molecule has 2 aromatic rings. The van der Waals surface area contributed by atoms with Gasteiger partial charge >= 0.3 is 0 Å². The highest BCUT2D eigenvalue weighted by atomic mass is 35.5. The summed E-state index contributed by atoms with van der Waals surface area (Å²) in [4.78, 5) is 27.2. The maximum Gasteiger partial charge on any atom is 0.202 e. The first kappa shape index (κ1) is 30.7. The fraction of sp³-hybridized carbons (Fsp3) is 0.444. The average Bonchev–Trinajstić information content (AvgIpc) is 2.92. The molecule has 13 nitrogen and oxygen atoms in total. The van der Waals surface area contributed by atoms with Crippen molar-refractivity contribution < 1.29 is 54.5 Å². The van der Waals surface area contributed by atoms with Gasteiger partial charge in [-0.15, -0.1) is 12.4 Å². The molecule has 0 saturated carbocycles. The fourth-order valence-corrected chi connectivity index (χ4v) is 5.88. The average molecular weight is 595 g/mol. The number of hydrogen-bond acceptors (Lipinski definition) is 13. The number of phenolic OH excluding ortho intramolecular Hbond substituents is 2. The zero-order valence-corrected chi connectivity index (χ0v) is 22.9. The standard InChI is InChI=1S/C27H30N2O11.ClH/c1-10-22(31)13(28)6-17(39-10)40-15-8-27(36,16(9-30)29-37)7-12-19(15)26(35)21-20(24(12)33)23(32)11-4-3-5-14(38-2)18(11)25(21)34;/h3-5,10,13,15,17,22,30-31,33,35-37H,6-9,28H2,1-2H3;1H/b29-16+;/t10-,13-,15-,17-,22+,27-;/m0./s1. The van der Waals surface area contributed by atoms with E-state index in [1.165, 1.54) is 25.3 Å². The largest absolute Gasteiger partial charge is 0.507 e. The van der Waals surface area contributed by atoms with Crippen LogP contribution in [0.5, 0.6) is 17.2 Å². The van der Waals surface area contributed by atoms with Crippen LogP contribution in [-0.2, 0) is 15.9 Å². The number of ketones is 2. The Labute approximate surface area is 240 Å². The summed E-state index contributed by atoms with van der Waals surface area (Å²) in [6, 6.07) is 3.65. The Morgan fingerprint density at radius 3 is 2.46 bits per heavy atom. The Morgan fingerprint density at radius 1 is 1.17 bits per heavy atom. The first-order valence-corrected chi connectivity index (χ1v) is 12.6. The van der Waals surface area contributed by atoms with E-state index >= 15 is 0 Å². The summed E-state index contributed by atoms with van der Waals surface area (Å²) in [6.45, 7) is 0.730. The third-order valence-corrected chi connectivity index (χ3v) is 7.95. The van der Waals surface area contributed by atoms with E-state index in [1.807, 2.05) is 0 Å². The summed E-state index contributed by atoms with van der Waals surface area (Å²) < 4.78 is 17.1. The molecule has 1 fully saturated rings. The van der Waals surface area contributed by atoms with Crippen LogP contribution >= 0.6 is 12.4 Å². The summed E-state index contributed by atoms with van der Waals surface area (Å²) in [5.41, 5.74) is 2.19. The van der Waals surface area contributed by atoms with E-state index in [2.05, 4.69) is 5.16 Å². The van der Waals surface area contributed by atoms with Gasteiger partial charge < -0.3 is 50.7 Å². The summed E-state index contributed by atoms with van der Waals surface area (Å²) >= 11 is 0. The van der Waals surface area contributed by atoms with Crippen molar-refractivity contribution in [3.8, 4) is 17.2 Å². The predicted octanol–water partition coefficient (Wildman–Crippen LogP) is 0.684. The van der Waals surface area contributed by atoms with E-state index in [9.17, 15) is 40.3 Å². The Bertz CT molecular complexity index is 1420. The van der Waals surface area contributed by atoms with Crippen LogP contribution in [0.15, 0.2) is 23.4 Å². The van der Waals surface area contributed by atoms with Gasteiger partial charge in [-0.25, -0.2) is 0 Å². The Balaban J connectivity index is 0.00000387. The molecular weight excluding hydrogens is 564 g/mol. The number of benzene rings is 2. The first-order chi connectivity index (χ1) is 19.0. The molecule has 1 heterocycles. The van der Waals surface area contributed by atoms with Crippen LogP contribution in [0.4, 0.5) is 0 Å². The summed E-state index contributed by atoms with van der Waals surface area (Å²) in [5.74, 6) is -2.75. The van der Waals surface area contributed by atoms with E-state index in [0.29, 0.717) is 0 Å². The first-order valence-electron chi connectivity index (χ1n) is 12.6. The molecule has 6 atom stereocenters. The maximum absolute atomic E-state index is 13.7. The lowest BCUT2D eigenvalue weighted by Gasteiger charge is -2.42. The molecule has 41 heavy (non-hydrogen) atoms. The molecule has 8 N–H and O–H groups in total. The molecular formula is C27H31ClN2O11. The number of halogens is 1. The van der Waals surface area contributed by atoms with Crippen LogP contribution in [0.2, 0.25) is 0 Å². The zero-order chi connectivity index (χ0) is 29.1. The van der Waals surface area contributed by atoms with E-state index in [4.69, 9.17) is 19.9 Å². The molecule has 222 valence electrons. The van der Waals surface area contributed by atoms with Crippen molar-refractivity contribution in [1.82, 2.24) is 0 Å². The minimum atomic E-state index is -2.09. The van der Waals surface area contributed by atoms with Crippen molar-refractivity contribution in [1.29, 1.82) is 0 Å². The van der Waals surface area contributed by atoms with Crippen LogP contribution < -0.4 is 10.5 Å². The van der Waals surface area contributed by atoms with Gasteiger partial charge in [-0.1, -0.05) is 17.3 Å². The molecule has 5 rings (SSSR count). The lowest BCUT2D eigenvalue weighted by Crippen LogP contribution is -2.53. The topological polar surface area (TPSA) is 222 Å². The molecule has 0 bridgehead atoms. The van der Waals surface area contributed by atoms with Crippen molar-refractivity contribution in [2.24, 2.45) is 10.9 Å². The maximum atomic E-state index is 13.7. The predicted molar refractivity (Wildman–Crippen MR) is 143 cm³/mol. The van der Waals surface area contributed by atoms with Gasteiger partial charge in [-0.3, -0.25) is 9.59 Å². The normalized spacial score (nSPS) is 29.2. The number of hydrogen-bond donors (Lipinski definition) is 7. The highest BCUT2D eigenvalue weighted by Crippen LogP contribution is 2.52. The second-order valence-electron chi connectivity index (χ2n) is 10.3. The Hall–Kier alpha value is -3.30. The SMILES string of the molecule is COc1cccc2c1C(=O)c1c(O)c3c(c(O)c1C2=O)C[C@@](O)(/C(CO)=N/O)C[C@@H]3O[C@H]1C[C@H](N)[C@H](O)[C@H](C)O1.Cl. The third kappa shape index (κ3) is 4.73. The van der Waals surface area contributed by atoms with Gasteiger partial charge in [-0.05, 0) is 13.0 Å². The summed E-state index contributed by atoms with van der Waals surface area (Å²) in [6.07, 6.45) is -4.93. The fourth-order valence-electron chi connectivity index (χ4n) is 5.88. The number of aliphatic hydroxyl groups is 3. The molecule has 1 aliphatic heterocycles. The number of carbonyl (C=O) groups is 2. The van der Waals surface area contributed by atoms with Gasteiger partial charge in [0, 0.05) is 42.0 Å². The van der Waals surface area contributed by atoms with Crippen molar-refractivity contribution >= 4 is 29.7 Å². The minimum Gasteiger partial charge on any atom is -0.507 e. The number of aliphatic hydroxyl groups excluding tert-OH is 2. The third-order valence-electron chi connectivity index (χ3n) is 7.95. The van der Waals surface area contributed by atoms with Crippen LogP contribution in [0, 0.1) is 0 Å². The number of methoxy groups -OCH3 is 1. The van der Waals surface area contributed by atoms with Gasteiger partial charge in [0.15, 0.2) is 12.1 Å². The highest BCUT2D eigenvalue weighted by molar-refractivity contribution is 6.31. The van der Waals surface area contributed by atoms with Crippen molar-refractivity contribution in [2.75, 3.05) is 13.7 Å². The number of ether oxygens (including phenoxy) is 3. The van der Waals surface area contributed by atoms with Gasteiger partial charge in [0.25, 0.3) is 0 Å². The van der Waals surface area contributed by atoms with Crippen molar-refractivity contribution in [2.45, 2.75) is 62.4 Å². The second-order valence-corrected chi connectivity index (χ2v) is 10.3. The number of rotatable bonds is 5. The van der Waals surface area contributed by atoms with E-state index in [0.717, 1.165) is 0 Å². The molecule has 0 spiro atoms. The molecule has 1 saturated heterocycles. The van der Waals surface area contributed by atoms with E-state index < -0.39 is 95.6 Å². The molecule has 0 amide bonds. The van der Waals surface area contributed by atoms with Crippen LogP contribution in [-0.4, -0.2) is 91.9 Å². The Kier molecular flexibility index (Phi) is 8.35. The molecule has 0 radical (unpaired) electrons. The molecule has 3 aliphatic rings. The van der Waals surface area contributed by atoms with Crippen LogP contribution in [0.25, 0.3) is 0 Å². The Morgan fingerprint density at radius 2 is 1.85 bits per heavy atom. The number of nitrogens with two attached hydrogens (primary N) is 1. The summed E-state index contributed by atoms with van der Waals surface area (Å²) in [5, 5.41) is 66.9. The van der Waals surface area contributed by atoms with Gasteiger partial charge in [0.2, 0.25) is 5.78 Å². The smallest absolute Gasteiger partial charge is 0.202 e. The minimum absolute atomic E-state index is 0. The van der Waals surface area contributed by atoms with E-state index in [1.54, 1.807) is 6.92 Å². The molecule has 14 heteroatoms. The van der Waals surface area contributed by atoms with E-state index in [-0.39, 0.29) is 46.8 Å². The molecule has 0 unspecified atom stereocenters. The quantitative estimate of drug-likeness (QED) is 0.0938. The second kappa shape index (κ2) is 11.2. The van der Waals surface area contributed by atoms with Crippen molar-refractivity contribution in [3.63, 3.8) is 0 Å². The number of phenols is 2. The van der Waals surface area contributed by atoms with Gasteiger partial charge in [0.1, 0.15) is 28.6 Å². The van der Waals surface area contributed by atoms with Crippen LogP contribution in [0.1, 0.15) is 68.8 Å². The number of aromatic hydroxyl groups is 2. The lowest BCUT2D eigenvalue weighted by molar-refractivity contribution is -0.245. The molecule has 2 aliphatic carbocycles. The number of oxime groups is 1. The monoisotopic (exact) mass is 594 g/mol. The molecule has 2 aromatic carbocycles. The van der Waals surface area contributed by atoms with Crippen LogP contribution in [0.3, 0.4) is 0 Å². The number of fused-ring (bicyclic) bond motifs is 3. The number of carbonyl (C=O) groups excluding carboxylic acids is 2.